The van der Waals surface area contributed by atoms with Crippen molar-refractivity contribution in [3.63, 3.8) is 0 Å². The summed E-state index contributed by atoms with van der Waals surface area (Å²) in [5.41, 5.74) is 14.3. The van der Waals surface area contributed by atoms with Crippen molar-refractivity contribution in [2.75, 3.05) is 7.11 Å². The highest BCUT2D eigenvalue weighted by Gasteiger charge is 2.41. The van der Waals surface area contributed by atoms with Crippen LogP contribution in [0.1, 0.15) is 59.1 Å². The van der Waals surface area contributed by atoms with Gasteiger partial charge in [0.15, 0.2) is 10.7 Å². The van der Waals surface area contributed by atoms with Crippen LogP contribution in [0.4, 0.5) is 0 Å². The predicted octanol–water partition coefficient (Wildman–Crippen LogP) is 8.86. The minimum absolute atomic E-state index is 0.338. The summed E-state index contributed by atoms with van der Waals surface area (Å²) in [6.07, 6.45) is 2.99. The number of ether oxygens (including phenoxy) is 1. The molecule has 9 heteroatoms. The Labute approximate surface area is 309 Å². The third-order valence-electron chi connectivity index (χ3n) is 9.71. The lowest BCUT2D eigenvalue weighted by atomic mass is 9.77. The monoisotopic (exact) mass is 707 g/mol. The third kappa shape index (κ3) is 6.63. The van der Waals surface area contributed by atoms with E-state index in [1.54, 1.807) is 11.9 Å². The van der Waals surface area contributed by atoms with Gasteiger partial charge >= 0.3 is 0 Å². The first kappa shape index (κ1) is 34.9. The average molecular weight is 708 g/mol. The molecular weight excluding hydrogens is 666 g/mol. The van der Waals surface area contributed by atoms with Crippen LogP contribution >= 0.6 is 11.6 Å². The van der Waals surface area contributed by atoms with Crippen molar-refractivity contribution < 1.29 is 4.74 Å². The molecule has 1 unspecified atom stereocenters. The van der Waals surface area contributed by atoms with Crippen LogP contribution < -0.4 is 10.5 Å². The van der Waals surface area contributed by atoms with Crippen molar-refractivity contribution in [3.8, 4) is 28.3 Å². The number of tetrazole rings is 1. The van der Waals surface area contributed by atoms with Gasteiger partial charge in [0, 0.05) is 25.1 Å². The van der Waals surface area contributed by atoms with Crippen molar-refractivity contribution in [2.24, 2.45) is 5.73 Å². The number of benzene rings is 5. The van der Waals surface area contributed by atoms with Gasteiger partial charge in [-0.3, -0.25) is 0 Å². The summed E-state index contributed by atoms with van der Waals surface area (Å²) in [6.45, 7) is 5.25. The second-order valence-electron chi connectivity index (χ2n) is 13.0. The smallest absolute Gasteiger partial charge is 0.205 e. The number of methoxy groups -OCH3 is 1. The maximum atomic E-state index is 6.49. The van der Waals surface area contributed by atoms with Crippen LogP contribution in [0.5, 0.6) is 5.75 Å². The average Bonchev–Trinajstić information content (AvgIpc) is 3.80. The number of imidazole rings is 1. The molecular formula is C43H42ClN7O. The molecule has 8 nitrogen and oxygen atoms in total. The van der Waals surface area contributed by atoms with Crippen LogP contribution in [-0.2, 0) is 25.0 Å². The second kappa shape index (κ2) is 15.4. The van der Waals surface area contributed by atoms with Crippen LogP contribution in [0.15, 0.2) is 127 Å². The largest absolute Gasteiger partial charge is 0.497 e. The fraction of sp³-hybridized carbons (Fsp3) is 0.209. The Hall–Kier alpha value is -5.57. The molecule has 0 aliphatic heterocycles. The number of hydrogen-bond donors (Lipinski definition) is 1. The van der Waals surface area contributed by atoms with Crippen LogP contribution in [0.25, 0.3) is 22.5 Å². The lowest BCUT2D eigenvalue weighted by Gasteiger charge is -2.34. The maximum absolute atomic E-state index is 6.49. The van der Waals surface area contributed by atoms with Gasteiger partial charge in [0.25, 0.3) is 0 Å². The Kier molecular flexibility index (Phi) is 10.3. The molecule has 2 aromatic heterocycles. The fourth-order valence-electron chi connectivity index (χ4n) is 6.93. The highest BCUT2D eigenvalue weighted by atomic mass is 35.5. The van der Waals surface area contributed by atoms with E-state index in [2.05, 4.69) is 108 Å². The molecule has 0 radical (unpaired) electrons. The molecule has 0 saturated carbocycles. The first-order chi connectivity index (χ1) is 25.5. The van der Waals surface area contributed by atoms with E-state index in [0.717, 1.165) is 75.5 Å². The highest BCUT2D eigenvalue weighted by molar-refractivity contribution is 6.30. The topological polar surface area (TPSA) is 96.7 Å². The van der Waals surface area contributed by atoms with Gasteiger partial charge in [0.2, 0.25) is 5.82 Å². The van der Waals surface area contributed by atoms with Gasteiger partial charge in [-0.2, -0.15) is 0 Å². The van der Waals surface area contributed by atoms with Gasteiger partial charge in [0.05, 0.1) is 12.8 Å². The first-order valence-electron chi connectivity index (χ1n) is 17.7. The summed E-state index contributed by atoms with van der Waals surface area (Å²) in [4.78, 5) is 6.39. The molecule has 0 amide bonds. The molecule has 1 atom stereocenters. The molecule has 0 spiro atoms. The van der Waals surface area contributed by atoms with Crippen LogP contribution in [0.3, 0.4) is 0 Å². The van der Waals surface area contributed by atoms with Crippen molar-refractivity contribution in [1.82, 2.24) is 29.8 Å². The van der Waals surface area contributed by atoms with Gasteiger partial charge in [-0.15, -0.1) is 15.0 Å². The van der Waals surface area contributed by atoms with E-state index in [1.165, 1.54) is 5.56 Å². The molecule has 2 heterocycles. The first-order valence-corrected chi connectivity index (χ1v) is 18.0. The Morgan fingerprint density at radius 1 is 0.769 bits per heavy atom. The second-order valence-corrected chi connectivity index (χ2v) is 13.3. The molecule has 0 fully saturated rings. The molecule has 0 bridgehead atoms. The van der Waals surface area contributed by atoms with Gasteiger partial charge in [-0.1, -0.05) is 146 Å². The van der Waals surface area contributed by atoms with Gasteiger partial charge < -0.3 is 15.0 Å². The Bertz CT molecular complexity index is 2250. The van der Waals surface area contributed by atoms with Gasteiger partial charge in [-0.05, 0) is 64.1 Å². The van der Waals surface area contributed by atoms with Crippen LogP contribution in [-0.4, -0.2) is 36.9 Å². The van der Waals surface area contributed by atoms with E-state index in [-0.39, 0.29) is 0 Å². The van der Waals surface area contributed by atoms with E-state index in [1.807, 2.05) is 42.5 Å². The van der Waals surface area contributed by atoms with E-state index < -0.39 is 5.54 Å². The Morgan fingerprint density at radius 3 is 2.06 bits per heavy atom. The lowest BCUT2D eigenvalue weighted by Crippen LogP contribution is -2.39. The number of nitrogens with two attached hydrogens (primary N) is 1. The van der Waals surface area contributed by atoms with Crippen LogP contribution in [0.2, 0.25) is 5.15 Å². The predicted molar refractivity (Wildman–Crippen MR) is 207 cm³/mol. The number of rotatable bonds is 13. The molecule has 7 rings (SSSR count). The number of unbranched alkanes of at least 4 members (excludes halogenated alkanes) is 1. The normalized spacial score (nSPS) is 12.5. The van der Waals surface area contributed by atoms with E-state index >= 15 is 0 Å². The molecule has 262 valence electrons. The van der Waals surface area contributed by atoms with Gasteiger partial charge in [0.1, 0.15) is 11.6 Å². The standard InChI is InChI=1S/C43H42ClN7O/c1-4-5-15-40-46-41(44)39(28-45)50(40)29-31-18-20-32(21-19-31)37-13-9-10-14-38(37)42-47-49-51(48-42)43(33-11-7-6-8-12-33,34-22-16-30(2)17-23-34)35-24-26-36(52-3)27-25-35/h6-14,16-27H,4-5,15,28-29,45H2,1-3H3. The van der Waals surface area contributed by atoms with Crippen molar-refractivity contribution in [3.05, 3.63) is 172 Å². The number of aryl methyl sites for hydroxylation is 2. The lowest BCUT2D eigenvalue weighted by molar-refractivity contribution is 0.392. The number of hydrogen-bond acceptors (Lipinski definition) is 6. The molecule has 52 heavy (non-hydrogen) atoms. The third-order valence-corrected chi connectivity index (χ3v) is 10.0. The minimum Gasteiger partial charge on any atom is -0.497 e. The minimum atomic E-state index is -0.919. The molecule has 0 aliphatic rings. The fourth-order valence-corrected chi connectivity index (χ4v) is 7.21. The highest BCUT2D eigenvalue weighted by Crippen LogP contribution is 2.41. The maximum Gasteiger partial charge on any atom is 0.205 e. The summed E-state index contributed by atoms with van der Waals surface area (Å²) in [7, 11) is 1.67. The van der Waals surface area contributed by atoms with Crippen molar-refractivity contribution in [2.45, 2.75) is 51.7 Å². The summed E-state index contributed by atoms with van der Waals surface area (Å²) in [6, 6.07) is 43.8. The van der Waals surface area contributed by atoms with Crippen molar-refractivity contribution >= 4 is 11.6 Å². The van der Waals surface area contributed by atoms with E-state index in [9.17, 15) is 0 Å². The number of aromatic nitrogens is 6. The van der Waals surface area contributed by atoms with E-state index in [0.29, 0.717) is 24.1 Å². The van der Waals surface area contributed by atoms with Crippen LogP contribution in [0, 0.1) is 6.92 Å². The van der Waals surface area contributed by atoms with Crippen molar-refractivity contribution in [1.29, 1.82) is 0 Å². The molecule has 0 saturated heterocycles. The summed E-state index contributed by atoms with van der Waals surface area (Å²) >= 11 is 6.49. The zero-order chi connectivity index (χ0) is 36.1. The Balaban J connectivity index is 1.29. The zero-order valence-corrected chi connectivity index (χ0v) is 30.5. The van der Waals surface area contributed by atoms with Gasteiger partial charge in [-0.25, -0.2) is 4.98 Å². The molecule has 0 aliphatic carbocycles. The molecule has 5 aromatic carbocycles. The quantitative estimate of drug-likeness (QED) is 0.120. The van der Waals surface area contributed by atoms with E-state index in [4.69, 9.17) is 37.5 Å². The zero-order valence-electron chi connectivity index (χ0n) is 29.7. The summed E-state index contributed by atoms with van der Waals surface area (Å²) < 4.78 is 7.70. The number of halogens is 1. The summed E-state index contributed by atoms with van der Waals surface area (Å²) in [5.74, 6) is 2.27. The molecule has 2 N–H and O–H groups in total. The SMILES string of the molecule is CCCCc1nc(Cl)c(CN)n1Cc1ccc(-c2ccccc2-c2nnn(C(c3ccccc3)(c3ccc(C)cc3)c3ccc(OC)cc3)n2)cc1. The molecule has 7 aromatic rings. The summed E-state index contributed by atoms with van der Waals surface area (Å²) in [5, 5.41) is 15.2. The Morgan fingerprint density at radius 2 is 1.40 bits per heavy atom. The number of nitrogens with zero attached hydrogens (tertiary/aromatic N) is 6.